The number of aryl methyl sites for hydroxylation is 2. The zero-order valence-electron chi connectivity index (χ0n) is 17.2. The van der Waals surface area contributed by atoms with E-state index in [1.165, 1.54) is 33.2 Å². The van der Waals surface area contributed by atoms with E-state index in [1.807, 2.05) is 26.0 Å². The van der Waals surface area contributed by atoms with E-state index < -0.39 is 0 Å². The molecule has 0 unspecified atom stereocenters. The van der Waals surface area contributed by atoms with Gasteiger partial charge in [0.25, 0.3) is 11.8 Å². The second-order valence-electron chi connectivity index (χ2n) is 7.33. The smallest absolute Gasteiger partial charge is 0.268 e. The van der Waals surface area contributed by atoms with E-state index in [0.29, 0.717) is 25.3 Å². The van der Waals surface area contributed by atoms with Gasteiger partial charge in [0.2, 0.25) is 0 Å². The molecule has 3 heterocycles. The van der Waals surface area contributed by atoms with Crippen molar-refractivity contribution in [3.8, 4) is 11.4 Å². The largest absolute Gasteiger partial charge is 0.275 e. The lowest BCUT2D eigenvalue weighted by atomic mass is 10.1. The Kier molecular flexibility index (Phi) is 5.81. The van der Waals surface area contributed by atoms with Crippen LogP contribution in [-0.4, -0.2) is 54.7 Å². The molecule has 0 bridgehead atoms. The highest BCUT2D eigenvalue weighted by Crippen LogP contribution is 2.20. The molecule has 0 aliphatic carbocycles. The van der Waals surface area contributed by atoms with Gasteiger partial charge in [-0.3, -0.25) is 9.59 Å². The predicted octanol–water partition coefficient (Wildman–Crippen LogP) is 3.37. The van der Waals surface area contributed by atoms with Gasteiger partial charge in [0.05, 0.1) is 5.56 Å². The van der Waals surface area contributed by atoms with Gasteiger partial charge in [-0.2, -0.15) is 0 Å². The monoisotopic (exact) mass is 436 g/mol. The number of nitrogens with zero attached hydrogens (tertiary/aromatic N) is 6. The number of pyridine rings is 1. The fourth-order valence-electron chi connectivity index (χ4n) is 3.55. The van der Waals surface area contributed by atoms with E-state index in [2.05, 4.69) is 21.1 Å². The summed E-state index contributed by atoms with van der Waals surface area (Å²) in [6, 6.07) is 9.34. The number of rotatable bonds is 4. The molecule has 31 heavy (non-hydrogen) atoms. The van der Waals surface area contributed by atoms with Crippen LogP contribution in [0.1, 0.15) is 27.9 Å². The van der Waals surface area contributed by atoms with E-state index in [9.17, 15) is 9.59 Å². The van der Waals surface area contributed by atoms with E-state index in [1.54, 1.807) is 18.5 Å². The Balaban J connectivity index is 1.48. The molecule has 8 nitrogen and oxygen atoms in total. The number of hydrazine groups is 1. The van der Waals surface area contributed by atoms with Gasteiger partial charge in [-0.1, -0.05) is 28.8 Å². The van der Waals surface area contributed by atoms with Crippen LogP contribution in [-0.2, 0) is 4.79 Å². The lowest BCUT2D eigenvalue weighted by molar-refractivity contribution is -0.134. The predicted molar refractivity (Wildman–Crippen MR) is 117 cm³/mol. The van der Waals surface area contributed by atoms with Gasteiger partial charge >= 0.3 is 0 Å². The molecule has 1 saturated heterocycles. The summed E-state index contributed by atoms with van der Waals surface area (Å²) < 4.78 is 1.48. The van der Waals surface area contributed by atoms with Crippen molar-refractivity contribution in [1.29, 1.82) is 0 Å². The number of benzene rings is 1. The quantitative estimate of drug-likeness (QED) is 0.462. The van der Waals surface area contributed by atoms with Crippen molar-refractivity contribution in [3.63, 3.8) is 0 Å². The van der Waals surface area contributed by atoms with Gasteiger partial charge in [0, 0.05) is 37.1 Å². The summed E-state index contributed by atoms with van der Waals surface area (Å²) in [6.07, 6.45) is 6.64. The SMILES string of the molecule is Cc1cc(C)cc(-c2ncn(/C=C\C(=O)N3CCCN3C(=O)c3cccnc3Cl)n2)c1. The third-order valence-electron chi connectivity index (χ3n) is 4.87. The molecule has 0 N–H and O–H groups in total. The zero-order valence-corrected chi connectivity index (χ0v) is 18.0. The fourth-order valence-corrected chi connectivity index (χ4v) is 3.75. The Bertz CT molecular complexity index is 1150. The molecular formula is C22H21ClN6O2. The highest BCUT2D eigenvalue weighted by molar-refractivity contribution is 6.32. The van der Waals surface area contributed by atoms with Crippen molar-refractivity contribution in [2.45, 2.75) is 20.3 Å². The van der Waals surface area contributed by atoms with Crippen LogP contribution in [0.2, 0.25) is 5.15 Å². The Morgan fingerprint density at radius 2 is 1.81 bits per heavy atom. The molecule has 1 aliphatic heterocycles. The molecule has 0 saturated carbocycles. The van der Waals surface area contributed by atoms with Crippen LogP contribution in [0.4, 0.5) is 0 Å². The van der Waals surface area contributed by atoms with Crippen LogP contribution in [0, 0.1) is 13.8 Å². The third kappa shape index (κ3) is 4.49. The summed E-state index contributed by atoms with van der Waals surface area (Å²) in [5.41, 5.74) is 3.44. The molecular weight excluding hydrogens is 416 g/mol. The highest BCUT2D eigenvalue weighted by atomic mass is 35.5. The summed E-state index contributed by atoms with van der Waals surface area (Å²) in [6.45, 7) is 4.92. The summed E-state index contributed by atoms with van der Waals surface area (Å²) in [5.74, 6) is -0.0994. The Hall–Kier alpha value is -3.52. The van der Waals surface area contributed by atoms with Crippen LogP contribution in [0.15, 0.2) is 48.9 Å². The molecule has 0 spiro atoms. The molecule has 1 aliphatic rings. The number of halogens is 1. The Labute approximate surface area is 184 Å². The first-order chi connectivity index (χ1) is 14.9. The molecule has 4 rings (SSSR count). The minimum Gasteiger partial charge on any atom is -0.268 e. The molecule has 1 fully saturated rings. The molecule has 1 aromatic carbocycles. The maximum atomic E-state index is 12.8. The summed E-state index contributed by atoms with van der Waals surface area (Å²) in [4.78, 5) is 33.8. The lowest BCUT2D eigenvalue weighted by Gasteiger charge is -2.27. The molecule has 9 heteroatoms. The molecule has 158 valence electrons. The number of carbonyl (C=O) groups is 2. The first-order valence-electron chi connectivity index (χ1n) is 9.84. The van der Waals surface area contributed by atoms with E-state index >= 15 is 0 Å². The van der Waals surface area contributed by atoms with Crippen LogP contribution in [0.25, 0.3) is 17.6 Å². The van der Waals surface area contributed by atoms with Gasteiger partial charge in [-0.05, 0) is 44.5 Å². The third-order valence-corrected chi connectivity index (χ3v) is 5.17. The summed E-state index contributed by atoms with van der Waals surface area (Å²) >= 11 is 6.04. The van der Waals surface area contributed by atoms with Crippen molar-refractivity contribution in [3.05, 3.63) is 70.8 Å². The molecule has 2 amide bonds. The van der Waals surface area contributed by atoms with Gasteiger partial charge in [0.15, 0.2) is 5.82 Å². The van der Waals surface area contributed by atoms with Gasteiger partial charge in [-0.15, -0.1) is 5.10 Å². The van der Waals surface area contributed by atoms with Crippen molar-refractivity contribution in [2.24, 2.45) is 0 Å². The Morgan fingerprint density at radius 1 is 1.06 bits per heavy atom. The molecule has 0 atom stereocenters. The second kappa shape index (κ2) is 8.69. The zero-order chi connectivity index (χ0) is 22.0. The highest BCUT2D eigenvalue weighted by Gasteiger charge is 2.31. The van der Waals surface area contributed by atoms with Crippen molar-refractivity contribution in [1.82, 2.24) is 29.8 Å². The number of carbonyl (C=O) groups excluding carboxylic acids is 2. The van der Waals surface area contributed by atoms with Crippen molar-refractivity contribution < 1.29 is 9.59 Å². The number of hydrogen-bond donors (Lipinski definition) is 0. The van der Waals surface area contributed by atoms with Crippen LogP contribution < -0.4 is 0 Å². The van der Waals surface area contributed by atoms with E-state index in [-0.39, 0.29) is 22.5 Å². The summed E-state index contributed by atoms with van der Waals surface area (Å²) in [5, 5.41) is 7.34. The maximum absolute atomic E-state index is 12.8. The second-order valence-corrected chi connectivity index (χ2v) is 7.68. The van der Waals surface area contributed by atoms with Gasteiger partial charge in [0.1, 0.15) is 11.5 Å². The molecule has 0 radical (unpaired) electrons. The Morgan fingerprint density at radius 3 is 2.55 bits per heavy atom. The minimum atomic E-state index is -0.352. The molecule has 3 aromatic rings. The van der Waals surface area contributed by atoms with E-state index in [4.69, 9.17) is 11.6 Å². The van der Waals surface area contributed by atoms with E-state index in [0.717, 1.165) is 16.7 Å². The fraction of sp³-hybridized carbons (Fsp3) is 0.227. The number of hydrogen-bond acceptors (Lipinski definition) is 5. The topological polar surface area (TPSA) is 84.2 Å². The van der Waals surface area contributed by atoms with Crippen LogP contribution in [0.5, 0.6) is 0 Å². The first-order valence-corrected chi connectivity index (χ1v) is 10.2. The van der Waals surface area contributed by atoms with Crippen LogP contribution >= 0.6 is 11.6 Å². The maximum Gasteiger partial charge on any atom is 0.275 e. The minimum absolute atomic E-state index is 0.115. The van der Waals surface area contributed by atoms with Crippen molar-refractivity contribution >= 4 is 29.6 Å². The summed E-state index contributed by atoms with van der Waals surface area (Å²) in [7, 11) is 0. The van der Waals surface area contributed by atoms with Crippen LogP contribution in [0.3, 0.4) is 0 Å². The number of amides is 2. The van der Waals surface area contributed by atoms with Gasteiger partial charge < -0.3 is 0 Å². The molecule has 2 aromatic heterocycles. The first kappa shape index (κ1) is 20.7. The lowest BCUT2D eigenvalue weighted by Crippen LogP contribution is -2.44. The average Bonchev–Trinajstić information content (AvgIpc) is 3.41. The van der Waals surface area contributed by atoms with Gasteiger partial charge in [-0.25, -0.2) is 24.7 Å². The normalized spacial score (nSPS) is 13.9. The van der Waals surface area contributed by atoms with Crippen molar-refractivity contribution in [2.75, 3.05) is 13.1 Å². The number of aromatic nitrogens is 4. The average molecular weight is 437 g/mol. The standard InChI is InChI=1S/C22H21ClN6O2/c1-15-11-16(2)13-17(12-15)21-25-14-27(26-21)10-6-19(30)28-8-4-9-29(28)22(31)18-5-3-7-24-20(18)23/h3,5-7,10-14H,4,8-9H2,1-2H3/b10-6-.